The van der Waals surface area contributed by atoms with E-state index < -0.39 is 0 Å². The monoisotopic (exact) mass is 247 g/mol. The Morgan fingerprint density at radius 1 is 1.06 bits per heavy atom. The number of H-pyrrole nitrogens is 2. The summed E-state index contributed by atoms with van der Waals surface area (Å²) >= 11 is 0. The number of aromatic amines is 2. The van der Waals surface area contributed by atoms with Crippen molar-refractivity contribution >= 4 is 23.3 Å². The fraction of sp³-hybridized carbons (Fsp3) is 0. The van der Waals surface area contributed by atoms with Gasteiger partial charge in [0.2, 0.25) is 5.56 Å². The van der Waals surface area contributed by atoms with Crippen LogP contribution in [0.2, 0.25) is 0 Å². The van der Waals surface area contributed by atoms with Crippen molar-refractivity contribution in [3.8, 4) is 11.3 Å². The van der Waals surface area contributed by atoms with Crippen molar-refractivity contribution in [1.82, 2.24) is 15.2 Å². The summed E-state index contributed by atoms with van der Waals surface area (Å²) in [5, 5.41) is 7.82. The summed E-state index contributed by atoms with van der Waals surface area (Å²) in [6, 6.07) is 11.1. The Hall–Kier alpha value is -2.07. The fourth-order valence-corrected chi connectivity index (χ4v) is 1.74. The fourth-order valence-electron chi connectivity index (χ4n) is 1.74. The summed E-state index contributed by atoms with van der Waals surface area (Å²) < 4.78 is 0. The Kier molecular flexibility index (Phi) is 2.97. The zero-order chi connectivity index (χ0) is 11.0. The molecule has 0 aliphatic carbocycles. The molecule has 0 saturated carbocycles. The van der Waals surface area contributed by atoms with Gasteiger partial charge in [-0.1, -0.05) is 6.07 Å². The summed E-state index contributed by atoms with van der Waals surface area (Å²) in [6.07, 6.45) is 1.71. The van der Waals surface area contributed by atoms with Crippen LogP contribution in [0.3, 0.4) is 0 Å². The van der Waals surface area contributed by atoms with Gasteiger partial charge < -0.3 is 4.98 Å². The maximum atomic E-state index is 11.1. The standard InChI is InChI=1S/C12H9N3O.ClH/c16-12-4-2-8-7-9(1-3-10(8)14-12)11-5-6-13-15-11;/h1-7H,(H,13,15)(H,14,16);1H. The number of fused-ring (bicyclic) bond motifs is 1. The average Bonchev–Trinajstić information content (AvgIpc) is 2.82. The lowest BCUT2D eigenvalue weighted by molar-refractivity contribution is 1.10. The minimum Gasteiger partial charge on any atom is -0.322 e. The molecule has 0 unspecified atom stereocenters. The lowest BCUT2D eigenvalue weighted by Gasteiger charge is -2.00. The number of halogens is 1. The number of pyridine rings is 1. The molecule has 0 spiro atoms. The van der Waals surface area contributed by atoms with Gasteiger partial charge in [0.05, 0.1) is 5.69 Å². The third kappa shape index (κ3) is 2.07. The van der Waals surface area contributed by atoms with Gasteiger partial charge in [0.1, 0.15) is 0 Å². The van der Waals surface area contributed by atoms with E-state index in [1.165, 1.54) is 6.07 Å². The molecule has 1 aromatic carbocycles. The minimum absolute atomic E-state index is 0. The Bertz CT molecular complexity index is 688. The minimum atomic E-state index is -0.0817. The van der Waals surface area contributed by atoms with Crippen molar-refractivity contribution in [2.75, 3.05) is 0 Å². The van der Waals surface area contributed by atoms with Crippen molar-refractivity contribution in [2.45, 2.75) is 0 Å². The molecule has 0 aliphatic rings. The summed E-state index contributed by atoms with van der Waals surface area (Å²) in [7, 11) is 0. The van der Waals surface area contributed by atoms with Gasteiger partial charge >= 0.3 is 0 Å². The number of rotatable bonds is 1. The van der Waals surface area contributed by atoms with Gasteiger partial charge in [-0.3, -0.25) is 9.89 Å². The van der Waals surface area contributed by atoms with Gasteiger partial charge in [-0.2, -0.15) is 5.10 Å². The lowest BCUT2D eigenvalue weighted by atomic mass is 10.1. The average molecular weight is 248 g/mol. The molecule has 86 valence electrons. The van der Waals surface area contributed by atoms with Gasteiger partial charge in [0.25, 0.3) is 0 Å². The second-order valence-electron chi connectivity index (χ2n) is 3.59. The summed E-state index contributed by atoms with van der Waals surface area (Å²) in [5.74, 6) is 0. The summed E-state index contributed by atoms with van der Waals surface area (Å²) in [5.41, 5.74) is 2.78. The second kappa shape index (κ2) is 4.43. The molecule has 3 aromatic rings. The first-order chi connectivity index (χ1) is 7.83. The number of nitrogens with zero attached hydrogens (tertiary/aromatic N) is 1. The Balaban J connectivity index is 0.00000108. The number of hydrogen-bond donors (Lipinski definition) is 2. The first-order valence-corrected chi connectivity index (χ1v) is 4.96. The summed E-state index contributed by atoms with van der Waals surface area (Å²) in [4.78, 5) is 13.9. The zero-order valence-electron chi connectivity index (χ0n) is 8.81. The third-order valence-corrected chi connectivity index (χ3v) is 2.54. The van der Waals surface area contributed by atoms with E-state index in [0.717, 1.165) is 22.2 Å². The van der Waals surface area contributed by atoms with E-state index in [-0.39, 0.29) is 18.0 Å². The van der Waals surface area contributed by atoms with Gasteiger partial charge in [-0.15, -0.1) is 12.4 Å². The molecule has 2 heterocycles. The van der Waals surface area contributed by atoms with Crippen LogP contribution in [-0.2, 0) is 0 Å². The quantitative estimate of drug-likeness (QED) is 0.693. The molecule has 2 aromatic heterocycles. The Labute approximate surface area is 103 Å². The van der Waals surface area contributed by atoms with Crippen LogP contribution < -0.4 is 5.56 Å². The molecule has 0 radical (unpaired) electrons. The number of aromatic nitrogens is 3. The summed E-state index contributed by atoms with van der Waals surface area (Å²) in [6.45, 7) is 0. The normalized spacial score (nSPS) is 10.1. The molecule has 0 amide bonds. The number of nitrogens with one attached hydrogen (secondary N) is 2. The highest BCUT2D eigenvalue weighted by Gasteiger charge is 2.00. The molecule has 0 aliphatic heterocycles. The van der Waals surface area contributed by atoms with Crippen LogP contribution in [0.4, 0.5) is 0 Å². The predicted molar refractivity (Wildman–Crippen MR) is 69.4 cm³/mol. The molecule has 0 saturated heterocycles. The van der Waals surface area contributed by atoms with E-state index in [9.17, 15) is 4.79 Å². The highest BCUT2D eigenvalue weighted by Crippen LogP contribution is 2.20. The van der Waals surface area contributed by atoms with Gasteiger partial charge in [-0.05, 0) is 29.7 Å². The van der Waals surface area contributed by atoms with Crippen LogP contribution >= 0.6 is 12.4 Å². The maximum absolute atomic E-state index is 11.1. The number of hydrogen-bond acceptors (Lipinski definition) is 2. The molecule has 17 heavy (non-hydrogen) atoms. The zero-order valence-corrected chi connectivity index (χ0v) is 9.62. The molecule has 4 nitrogen and oxygen atoms in total. The van der Waals surface area contributed by atoms with E-state index >= 15 is 0 Å². The smallest absolute Gasteiger partial charge is 0.248 e. The van der Waals surface area contributed by atoms with Crippen LogP contribution in [0, 0.1) is 0 Å². The molecule has 3 rings (SSSR count). The highest BCUT2D eigenvalue weighted by atomic mass is 35.5. The van der Waals surface area contributed by atoms with Gasteiger partial charge in [0, 0.05) is 23.3 Å². The topological polar surface area (TPSA) is 61.5 Å². The van der Waals surface area contributed by atoms with Crippen molar-refractivity contribution in [3.05, 3.63) is 52.9 Å². The van der Waals surface area contributed by atoms with E-state index in [0.29, 0.717) is 0 Å². The molecule has 0 atom stereocenters. The second-order valence-corrected chi connectivity index (χ2v) is 3.59. The lowest BCUT2D eigenvalue weighted by Crippen LogP contribution is -2.01. The van der Waals surface area contributed by atoms with E-state index in [1.807, 2.05) is 30.3 Å². The molecule has 0 bridgehead atoms. The molecular weight excluding hydrogens is 238 g/mol. The van der Waals surface area contributed by atoms with Crippen LogP contribution in [0.5, 0.6) is 0 Å². The SMILES string of the molecule is Cl.O=c1ccc2cc(-c3ccn[nH]3)ccc2[nH]1. The molecule has 2 N–H and O–H groups in total. The van der Waals surface area contributed by atoms with Crippen LogP contribution in [0.25, 0.3) is 22.2 Å². The van der Waals surface area contributed by atoms with E-state index in [1.54, 1.807) is 6.20 Å². The van der Waals surface area contributed by atoms with Crippen LogP contribution in [0.1, 0.15) is 0 Å². The molecular formula is C12H10ClN3O. The van der Waals surface area contributed by atoms with Crippen LogP contribution in [-0.4, -0.2) is 15.2 Å². The Morgan fingerprint density at radius 3 is 2.71 bits per heavy atom. The van der Waals surface area contributed by atoms with Crippen molar-refractivity contribution in [1.29, 1.82) is 0 Å². The highest BCUT2D eigenvalue weighted by molar-refractivity contribution is 5.85. The first kappa shape index (κ1) is 11.4. The van der Waals surface area contributed by atoms with Gasteiger partial charge in [0.15, 0.2) is 0 Å². The van der Waals surface area contributed by atoms with Crippen molar-refractivity contribution in [3.63, 3.8) is 0 Å². The van der Waals surface area contributed by atoms with Crippen molar-refractivity contribution in [2.24, 2.45) is 0 Å². The molecule has 0 fully saturated rings. The number of benzene rings is 1. The van der Waals surface area contributed by atoms with Crippen LogP contribution in [0.15, 0.2) is 47.4 Å². The Morgan fingerprint density at radius 2 is 1.94 bits per heavy atom. The van der Waals surface area contributed by atoms with Crippen molar-refractivity contribution < 1.29 is 0 Å². The third-order valence-electron chi connectivity index (χ3n) is 2.54. The molecule has 5 heteroatoms. The van der Waals surface area contributed by atoms with E-state index in [2.05, 4.69) is 15.2 Å². The van der Waals surface area contributed by atoms with Gasteiger partial charge in [-0.25, -0.2) is 0 Å². The predicted octanol–water partition coefficient (Wildman–Crippen LogP) is 2.34. The maximum Gasteiger partial charge on any atom is 0.248 e. The largest absolute Gasteiger partial charge is 0.322 e. The first-order valence-electron chi connectivity index (χ1n) is 4.96. The van der Waals surface area contributed by atoms with E-state index in [4.69, 9.17) is 0 Å².